The molecule has 10 aromatic rings. The number of aliphatic hydroxyl groups excluding tert-OH is 1. The Morgan fingerprint density at radius 1 is 0.844 bits per heavy atom. The molecule has 1 fully saturated rings. The van der Waals surface area contributed by atoms with Crippen LogP contribution in [0, 0.1) is 20.8 Å². The van der Waals surface area contributed by atoms with Crippen LogP contribution < -0.4 is 32.8 Å². The molecule has 96 heavy (non-hydrogen) atoms. The number of hydrogen-bond donors (Lipinski definition) is 10. The number of aryl methyl sites for hydroxylation is 2. The van der Waals surface area contributed by atoms with Gasteiger partial charge in [0, 0.05) is 101 Å². The second-order valence-corrected chi connectivity index (χ2v) is 24.3. The quantitative estimate of drug-likeness (QED) is 0.0204. The standard InChI is InChI=1S/C26H28N10.C24H26N6.C19H23N7O.C3H6/c1-4-6-8-18-13-23(30-14-19(18)20-15-31-34-22(20)5-2)21-16-36(35-17(21)3)24-9-12-29-26(32-24)33-25-27-10-7-11-28-25;1-4-6-18-14(2)23-19-12-26-28-21(19)9-10-22(23)27-24(18)20-13-30(29-15(20)3)17-8-5-7-16(25)11-17;20-19(27)21-11-17-15(10-23-26-17)18(12-4-2-1-3-5-12)24-14-6-7-16-13(8-14)9-22-25-16;1-2-3-1/h5,7,9-16,23,30H,2,4,6,8H2,1,3H3,(H,31,34)(H,27,28,29,32,33);5,7-13,19,21,28H,4,6,25H2,1-3H3;4,6-10,19,21,27H,1-3,5,11,20H2,(H,22,25)(H,23,26);1-3H2. The van der Waals surface area contributed by atoms with Crippen LogP contribution in [0.1, 0.15) is 158 Å². The number of unbranched alkanes of at least 4 members (excludes halogenated alkanes) is 1. The maximum atomic E-state index is 9.33. The molecule has 3 aliphatic carbocycles. The van der Waals surface area contributed by atoms with Gasteiger partial charge in [-0.25, -0.2) is 34.3 Å². The second-order valence-electron chi connectivity index (χ2n) is 24.3. The Bertz CT molecular complexity index is 4530. The molecule has 0 saturated heterocycles. The van der Waals surface area contributed by atoms with Crippen molar-refractivity contribution in [2.75, 3.05) is 11.1 Å². The topological polar surface area (TPSA) is 331 Å². The zero-order valence-electron chi connectivity index (χ0n) is 54.9. The second kappa shape index (κ2) is 30.5. The zero-order valence-corrected chi connectivity index (χ0v) is 54.9. The summed E-state index contributed by atoms with van der Waals surface area (Å²) in [6.07, 6.45) is 42.3. The molecule has 15 rings (SSSR count). The first-order chi connectivity index (χ1) is 46.9. The first kappa shape index (κ1) is 65.3. The van der Waals surface area contributed by atoms with Crippen LogP contribution in [0.2, 0.25) is 0 Å². The molecule has 8 aromatic heterocycles. The number of benzene rings is 2. The number of nitrogens with two attached hydrogens (primary N) is 2. The zero-order chi connectivity index (χ0) is 66.5. The number of nitrogens with one attached hydrogen (secondary N) is 7. The highest BCUT2D eigenvalue weighted by Crippen LogP contribution is 2.40. The number of rotatable bonds is 19. The van der Waals surface area contributed by atoms with Crippen LogP contribution in [0.4, 0.5) is 23.3 Å². The highest BCUT2D eigenvalue weighted by molar-refractivity contribution is 6.14. The van der Waals surface area contributed by atoms with Crippen LogP contribution in [-0.2, 0) is 13.0 Å². The summed E-state index contributed by atoms with van der Waals surface area (Å²) in [7, 11) is 0. The fraction of sp³-hybridized carbons (Fsp3) is 0.306. The number of H-pyrrole nitrogens is 3. The molecule has 0 amide bonds. The van der Waals surface area contributed by atoms with Gasteiger partial charge in [-0.3, -0.25) is 31.7 Å². The highest BCUT2D eigenvalue weighted by atomic mass is 16.3. The Hall–Kier alpha value is -10.8. The molecule has 5 aliphatic rings. The molecule has 0 bridgehead atoms. The minimum absolute atomic E-state index is 0.00871. The minimum Gasteiger partial charge on any atom is -0.399 e. The van der Waals surface area contributed by atoms with Crippen LogP contribution in [0.3, 0.4) is 0 Å². The normalized spacial score (nSPS) is 17.0. The Morgan fingerprint density at radius 3 is 2.45 bits per heavy atom. The number of fused-ring (bicyclic) bond motifs is 4. The molecule has 1 saturated carbocycles. The summed E-state index contributed by atoms with van der Waals surface area (Å²) in [5, 5.41) is 55.0. The van der Waals surface area contributed by atoms with E-state index in [2.05, 4.69) is 141 Å². The van der Waals surface area contributed by atoms with Crippen molar-refractivity contribution in [1.29, 1.82) is 0 Å². The molecule has 2 aliphatic heterocycles. The summed E-state index contributed by atoms with van der Waals surface area (Å²) in [5.74, 6) is 1.73. The van der Waals surface area contributed by atoms with E-state index < -0.39 is 6.35 Å². The van der Waals surface area contributed by atoms with Crippen molar-refractivity contribution in [3.05, 3.63) is 208 Å². The van der Waals surface area contributed by atoms with E-state index in [0.717, 1.165) is 147 Å². The third-order valence-electron chi connectivity index (χ3n) is 17.2. The summed E-state index contributed by atoms with van der Waals surface area (Å²) in [6.45, 7) is 15.0. The van der Waals surface area contributed by atoms with Crippen molar-refractivity contribution in [3.63, 3.8) is 0 Å². The molecule has 4 unspecified atom stereocenters. The first-order valence-electron chi connectivity index (χ1n) is 33.0. The van der Waals surface area contributed by atoms with Crippen LogP contribution >= 0.6 is 0 Å². The van der Waals surface area contributed by atoms with Gasteiger partial charge in [0.1, 0.15) is 0 Å². The lowest BCUT2D eigenvalue weighted by molar-refractivity contribution is 0.142. The van der Waals surface area contributed by atoms with E-state index in [1.165, 1.54) is 53.5 Å². The largest absolute Gasteiger partial charge is 0.399 e. The van der Waals surface area contributed by atoms with E-state index in [1.54, 1.807) is 47.8 Å². The van der Waals surface area contributed by atoms with E-state index in [1.807, 2.05) is 85.7 Å². The Morgan fingerprint density at radius 2 is 1.67 bits per heavy atom. The van der Waals surface area contributed by atoms with Gasteiger partial charge < -0.3 is 21.6 Å². The van der Waals surface area contributed by atoms with Gasteiger partial charge in [0.25, 0.3) is 0 Å². The average Bonchev–Trinajstić information content (AvgIpc) is 1.38. The van der Waals surface area contributed by atoms with Crippen molar-refractivity contribution in [2.45, 2.75) is 143 Å². The van der Waals surface area contributed by atoms with Crippen LogP contribution in [0.25, 0.3) is 51.4 Å². The average molecular weight is 1290 g/mol. The number of aliphatic imine (C=N–C) groups is 1. The number of aliphatic hydroxyl groups is 1. The maximum absolute atomic E-state index is 9.33. The number of nitrogens with zero attached hydrogens (tertiary/aromatic N) is 14. The van der Waals surface area contributed by atoms with E-state index in [-0.39, 0.29) is 18.0 Å². The summed E-state index contributed by atoms with van der Waals surface area (Å²) in [4.78, 5) is 27.3. The Labute approximate surface area is 557 Å². The third-order valence-corrected chi connectivity index (χ3v) is 17.2. The number of hydrogen-bond acceptors (Lipinski definition) is 19. The van der Waals surface area contributed by atoms with Crippen molar-refractivity contribution >= 4 is 63.8 Å². The molecular weight excluding hydrogens is 1200 g/mol. The number of dihydropyridines is 1. The lowest BCUT2D eigenvalue weighted by Gasteiger charge is -2.26. The maximum Gasteiger partial charge on any atom is 0.231 e. The van der Waals surface area contributed by atoms with Gasteiger partial charge in [-0.1, -0.05) is 76.8 Å². The summed E-state index contributed by atoms with van der Waals surface area (Å²) < 4.78 is 3.67. The number of allylic oxidation sites excluding steroid dienone is 4. The van der Waals surface area contributed by atoms with E-state index in [4.69, 9.17) is 31.6 Å². The number of aromatic amines is 3. The van der Waals surface area contributed by atoms with Crippen molar-refractivity contribution in [3.8, 4) is 22.8 Å². The monoisotopic (exact) mass is 1290 g/mol. The van der Waals surface area contributed by atoms with Crippen molar-refractivity contribution in [1.82, 2.24) is 91.1 Å². The van der Waals surface area contributed by atoms with Crippen LogP contribution in [-0.4, -0.2) is 104 Å². The summed E-state index contributed by atoms with van der Waals surface area (Å²) in [6, 6.07) is 17.5. The van der Waals surface area contributed by atoms with Crippen LogP contribution in [0.5, 0.6) is 0 Å². The lowest BCUT2D eigenvalue weighted by atomic mass is 9.82. The molecular formula is C72H83N23O. The molecule has 24 heteroatoms. The number of pyridine rings is 1. The van der Waals surface area contributed by atoms with E-state index >= 15 is 0 Å². The van der Waals surface area contributed by atoms with Gasteiger partial charge in [0.05, 0.1) is 87.4 Å². The number of aromatic nitrogens is 15. The Balaban J connectivity index is 0.000000136. The smallest absolute Gasteiger partial charge is 0.231 e. The van der Waals surface area contributed by atoms with Crippen molar-refractivity contribution in [2.24, 2.45) is 15.8 Å². The number of hydrazone groups is 1. The van der Waals surface area contributed by atoms with Crippen molar-refractivity contribution < 1.29 is 5.11 Å². The lowest BCUT2D eigenvalue weighted by Crippen LogP contribution is -2.36. The van der Waals surface area contributed by atoms with Gasteiger partial charge >= 0.3 is 0 Å². The molecule has 0 radical (unpaired) electrons. The SMILES string of the molecule is C1CC1.C=Cc1[nH]ncc1C1=CNC(c2cn(-c3ccnc(Nc4ncccn4)n3)nc2C)C=C1CCCC.CCCc1c(-c2cn(-c3cccc(N)c3)nc2C)nc2c(c1C)C1C=NNC1C=C2.NC(O)NCc1[nH]ncc1C(=Nc1ccc2[nH]ncc2c1)C1=CCCCC1. The van der Waals surface area contributed by atoms with Gasteiger partial charge in [0.15, 0.2) is 12.2 Å². The molecule has 4 atom stereocenters. The van der Waals surface area contributed by atoms with Gasteiger partial charge in [-0.15, -0.1) is 0 Å². The fourth-order valence-corrected chi connectivity index (χ4v) is 12.1. The van der Waals surface area contributed by atoms with E-state index in [0.29, 0.717) is 24.3 Å². The molecule has 2 aromatic carbocycles. The number of anilines is 3. The Kier molecular flexibility index (Phi) is 20.7. The molecule has 10 heterocycles. The molecule has 24 nitrogen and oxygen atoms in total. The first-order valence-corrected chi connectivity index (χ1v) is 33.0. The van der Waals surface area contributed by atoms with Gasteiger partial charge in [0.2, 0.25) is 11.9 Å². The summed E-state index contributed by atoms with van der Waals surface area (Å²) >= 11 is 0. The predicted molar refractivity (Wildman–Crippen MR) is 380 cm³/mol. The summed E-state index contributed by atoms with van der Waals surface area (Å²) in [5.41, 5.74) is 36.4. The fourth-order valence-electron chi connectivity index (χ4n) is 12.1. The predicted octanol–water partition coefficient (Wildman–Crippen LogP) is 12.2. The highest BCUT2D eigenvalue weighted by Gasteiger charge is 2.33. The third kappa shape index (κ3) is 15.4. The minimum atomic E-state index is -1.08. The molecule has 0 spiro atoms. The molecule has 492 valence electrons. The number of nitrogen functional groups attached to an aromatic ring is 1. The van der Waals surface area contributed by atoms with Gasteiger partial charge in [-0.05, 0) is 148 Å². The van der Waals surface area contributed by atoms with Crippen LogP contribution in [0.15, 0.2) is 156 Å². The molecule has 12 N–H and O–H groups in total. The van der Waals surface area contributed by atoms with Gasteiger partial charge in [-0.2, -0.15) is 35.6 Å². The van der Waals surface area contributed by atoms with E-state index in [9.17, 15) is 5.11 Å².